The number of rotatable bonds is 5. The van der Waals surface area contributed by atoms with Crippen LogP contribution >= 0.6 is 0 Å². The van der Waals surface area contributed by atoms with E-state index in [-0.39, 0.29) is 5.48 Å². The topological polar surface area (TPSA) is 59.7 Å². The van der Waals surface area contributed by atoms with Crippen LogP contribution in [0.1, 0.15) is 6.42 Å². The Bertz CT molecular complexity index is 480. The Hall–Kier alpha value is -1.65. The van der Waals surface area contributed by atoms with E-state index in [1.807, 2.05) is 12.3 Å². The number of hydrogen-bond donors (Lipinski definition) is 1. The monoisotopic (exact) mass is 247 g/mol. The predicted molar refractivity (Wildman–Crippen MR) is 77.0 cm³/mol. The summed E-state index contributed by atoms with van der Waals surface area (Å²) < 4.78 is 0. The third-order valence-electron chi connectivity index (χ3n) is 2.75. The van der Waals surface area contributed by atoms with Gasteiger partial charge in [-0.2, -0.15) is 0 Å². The van der Waals surface area contributed by atoms with Crippen molar-refractivity contribution in [2.45, 2.75) is 6.42 Å². The molecule has 0 amide bonds. The molecule has 0 aliphatic rings. The second kappa shape index (κ2) is 6.93. The highest BCUT2D eigenvalue weighted by molar-refractivity contribution is 5.91. The maximum atomic E-state index is 4.40. The number of pyridine rings is 1. The Balaban J connectivity index is 0.00000162. The summed E-state index contributed by atoms with van der Waals surface area (Å²) in [5, 5.41) is 5.83. The van der Waals surface area contributed by atoms with Gasteiger partial charge in [-0.25, -0.2) is 4.98 Å². The predicted octanol–water partition coefficient (Wildman–Crippen LogP) is 1.77. The standard InChI is InChI=1S/C14H19N3.H2O/c1-17(2)11-5-9-15-14-13-7-4-3-6-12(13)8-10-16-14;/h3-4,6-8,10H,5,9,11H2,1-2H3,(H,15,16);1H2. The molecule has 0 radical (unpaired) electrons. The van der Waals surface area contributed by atoms with E-state index in [4.69, 9.17) is 0 Å². The molecule has 1 heterocycles. The van der Waals surface area contributed by atoms with Gasteiger partial charge in [0, 0.05) is 18.1 Å². The second-order valence-electron chi connectivity index (χ2n) is 4.46. The van der Waals surface area contributed by atoms with Crippen molar-refractivity contribution >= 4 is 16.6 Å². The molecule has 0 aliphatic carbocycles. The number of benzene rings is 1. The normalized spacial score (nSPS) is 10.4. The lowest BCUT2D eigenvalue weighted by Crippen LogP contribution is -2.16. The molecule has 2 aromatic rings. The summed E-state index contributed by atoms with van der Waals surface area (Å²) in [7, 11) is 4.19. The van der Waals surface area contributed by atoms with E-state index in [2.05, 4.69) is 53.6 Å². The van der Waals surface area contributed by atoms with Gasteiger partial charge in [-0.05, 0) is 38.5 Å². The summed E-state index contributed by atoms with van der Waals surface area (Å²) in [4.78, 5) is 6.59. The SMILES string of the molecule is CN(C)CCCNc1nccc2ccccc12.O. The molecule has 0 spiro atoms. The van der Waals surface area contributed by atoms with Crippen molar-refractivity contribution in [1.82, 2.24) is 9.88 Å². The van der Waals surface area contributed by atoms with Crippen molar-refractivity contribution in [2.24, 2.45) is 0 Å². The highest BCUT2D eigenvalue weighted by Crippen LogP contribution is 2.19. The van der Waals surface area contributed by atoms with Crippen molar-refractivity contribution in [3.8, 4) is 0 Å². The van der Waals surface area contributed by atoms with Crippen LogP contribution in [0, 0.1) is 0 Å². The van der Waals surface area contributed by atoms with E-state index in [1.165, 1.54) is 10.8 Å². The van der Waals surface area contributed by atoms with Crippen molar-refractivity contribution < 1.29 is 5.48 Å². The first-order valence-electron chi connectivity index (χ1n) is 6.00. The summed E-state index contributed by atoms with van der Waals surface area (Å²) >= 11 is 0. The van der Waals surface area contributed by atoms with Gasteiger partial charge in [0.15, 0.2) is 0 Å². The van der Waals surface area contributed by atoms with Gasteiger partial charge in [-0.15, -0.1) is 0 Å². The zero-order valence-corrected chi connectivity index (χ0v) is 11.0. The fourth-order valence-electron chi connectivity index (χ4n) is 1.86. The summed E-state index contributed by atoms with van der Waals surface area (Å²) in [6.45, 7) is 2.05. The van der Waals surface area contributed by atoms with Crippen LogP contribution in [0.5, 0.6) is 0 Å². The Kier molecular flexibility index (Phi) is 5.55. The number of anilines is 1. The highest BCUT2D eigenvalue weighted by atomic mass is 16.0. The number of nitrogens with zero attached hydrogens (tertiary/aromatic N) is 2. The molecule has 4 heteroatoms. The average molecular weight is 247 g/mol. The molecule has 0 unspecified atom stereocenters. The van der Waals surface area contributed by atoms with Crippen LogP contribution in [0.3, 0.4) is 0 Å². The molecule has 4 nitrogen and oxygen atoms in total. The van der Waals surface area contributed by atoms with Gasteiger partial charge in [-0.3, -0.25) is 0 Å². The van der Waals surface area contributed by atoms with E-state index in [0.717, 1.165) is 25.3 Å². The first kappa shape index (κ1) is 14.4. The Morgan fingerprint density at radius 2 is 1.94 bits per heavy atom. The number of hydrogen-bond acceptors (Lipinski definition) is 3. The van der Waals surface area contributed by atoms with Crippen LogP contribution in [-0.4, -0.2) is 42.5 Å². The zero-order valence-electron chi connectivity index (χ0n) is 11.0. The number of fused-ring (bicyclic) bond motifs is 1. The van der Waals surface area contributed by atoms with E-state index < -0.39 is 0 Å². The van der Waals surface area contributed by atoms with Gasteiger partial charge in [0.2, 0.25) is 0 Å². The number of nitrogens with one attached hydrogen (secondary N) is 1. The second-order valence-corrected chi connectivity index (χ2v) is 4.46. The summed E-state index contributed by atoms with van der Waals surface area (Å²) in [5.74, 6) is 0.988. The first-order chi connectivity index (χ1) is 8.27. The van der Waals surface area contributed by atoms with E-state index >= 15 is 0 Å². The molecule has 0 aliphatic heterocycles. The molecule has 2 rings (SSSR count). The third-order valence-corrected chi connectivity index (χ3v) is 2.75. The van der Waals surface area contributed by atoms with Crippen LogP contribution in [0.4, 0.5) is 5.82 Å². The molecule has 1 aromatic heterocycles. The molecule has 3 N–H and O–H groups in total. The molecule has 0 atom stereocenters. The fourth-order valence-corrected chi connectivity index (χ4v) is 1.86. The Morgan fingerprint density at radius 3 is 2.72 bits per heavy atom. The molecule has 0 bridgehead atoms. The molecule has 98 valence electrons. The summed E-state index contributed by atoms with van der Waals surface area (Å²) in [5.41, 5.74) is 0. The van der Waals surface area contributed by atoms with E-state index in [9.17, 15) is 0 Å². The van der Waals surface area contributed by atoms with Gasteiger partial charge in [-0.1, -0.05) is 24.3 Å². The molecule has 0 saturated carbocycles. The van der Waals surface area contributed by atoms with Crippen molar-refractivity contribution in [2.75, 3.05) is 32.5 Å². The van der Waals surface area contributed by atoms with Crippen LogP contribution in [0.2, 0.25) is 0 Å². The summed E-state index contributed by atoms with van der Waals surface area (Å²) in [6.07, 6.45) is 2.98. The molecule has 0 saturated heterocycles. The minimum Gasteiger partial charge on any atom is -0.412 e. The highest BCUT2D eigenvalue weighted by Gasteiger charge is 2.00. The number of aromatic nitrogens is 1. The first-order valence-corrected chi connectivity index (χ1v) is 6.00. The lowest BCUT2D eigenvalue weighted by molar-refractivity contribution is 0.405. The maximum absolute atomic E-state index is 4.40. The van der Waals surface area contributed by atoms with Crippen molar-refractivity contribution in [3.63, 3.8) is 0 Å². The van der Waals surface area contributed by atoms with Gasteiger partial charge in [0.25, 0.3) is 0 Å². The largest absolute Gasteiger partial charge is 0.412 e. The van der Waals surface area contributed by atoms with Crippen LogP contribution in [0.15, 0.2) is 36.5 Å². The van der Waals surface area contributed by atoms with Gasteiger partial charge in [0.1, 0.15) is 5.82 Å². The van der Waals surface area contributed by atoms with Crippen molar-refractivity contribution in [3.05, 3.63) is 36.5 Å². The van der Waals surface area contributed by atoms with E-state index in [1.54, 1.807) is 0 Å². The van der Waals surface area contributed by atoms with Gasteiger partial charge in [0.05, 0.1) is 0 Å². The van der Waals surface area contributed by atoms with Crippen molar-refractivity contribution in [1.29, 1.82) is 0 Å². The lowest BCUT2D eigenvalue weighted by Gasteiger charge is -2.11. The molecular formula is C14H21N3O. The zero-order chi connectivity index (χ0) is 12.1. The molecule has 18 heavy (non-hydrogen) atoms. The van der Waals surface area contributed by atoms with Gasteiger partial charge < -0.3 is 15.7 Å². The van der Waals surface area contributed by atoms with Crippen LogP contribution in [-0.2, 0) is 0 Å². The smallest absolute Gasteiger partial charge is 0.133 e. The summed E-state index contributed by atoms with van der Waals surface area (Å²) in [6, 6.07) is 10.4. The molecular weight excluding hydrogens is 226 g/mol. The molecule has 1 aromatic carbocycles. The van der Waals surface area contributed by atoms with Gasteiger partial charge >= 0.3 is 0 Å². The van der Waals surface area contributed by atoms with E-state index in [0.29, 0.717) is 0 Å². The van der Waals surface area contributed by atoms with Crippen LogP contribution in [0.25, 0.3) is 10.8 Å². The molecule has 0 fully saturated rings. The quantitative estimate of drug-likeness (QED) is 0.819. The maximum Gasteiger partial charge on any atom is 0.133 e. The minimum atomic E-state index is 0. The Labute approximate surface area is 108 Å². The lowest BCUT2D eigenvalue weighted by atomic mass is 10.1. The Morgan fingerprint density at radius 1 is 1.17 bits per heavy atom. The fraction of sp³-hybridized carbons (Fsp3) is 0.357. The van der Waals surface area contributed by atoms with Crippen LogP contribution < -0.4 is 5.32 Å². The average Bonchev–Trinajstić information content (AvgIpc) is 2.34. The third kappa shape index (κ3) is 3.68. The minimum absolute atomic E-state index is 0.